The van der Waals surface area contributed by atoms with E-state index in [1.165, 1.54) is 0 Å². The van der Waals surface area contributed by atoms with Crippen LogP contribution in [0.5, 0.6) is 5.75 Å². The minimum atomic E-state index is -0.770. The van der Waals surface area contributed by atoms with Crippen LogP contribution < -0.4 is 15.2 Å². The summed E-state index contributed by atoms with van der Waals surface area (Å²) >= 11 is 0. The largest absolute Gasteiger partial charge is 0.484 e. The molecule has 1 N–H and O–H groups in total. The molecule has 7 nitrogen and oxygen atoms in total. The van der Waals surface area contributed by atoms with Crippen molar-refractivity contribution in [3.05, 3.63) is 52.2 Å². The van der Waals surface area contributed by atoms with E-state index in [1.807, 2.05) is 23.1 Å². The molecule has 142 valence electrons. The summed E-state index contributed by atoms with van der Waals surface area (Å²) in [5, 5.41) is 0. The Bertz CT molecular complexity index is 874. The van der Waals surface area contributed by atoms with Crippen molar-refractivity contribution in [2.24, 2.45) is 0 Å². The molecule has 0 unspecified atom stereocenters. The Morgan fingerprint density at radius 1 is 1.19 bits per heavy atom. The number of halogens is 1. The van der Waals surface area contributed by atoms with E-state index < -0.39 is 11.4 Å². The number of hydrogen-bond donors (Lipinski definition) is 1. The van der Waals surface area contributed by atoms with Gasteiger partial charge in [-0.1, -0.05) is 18.2 Å². The summed E-state index contributed by atoms with van der Waals surface area (Å²) in [6.07, 6.45) is 1.74. The van der Waals surface area contributed by atoms with Crippen LogP contribution in [0.1, 0.15) is 24.5 Å². The third kappa shape index (κ3) is 3.94. The average molecular weight is 372 g/mol. The van der Waals surface area contributed by atoms with Crippen LogP contribution in [0.15, 0.2) is 35.1 Å². The van der Waals surface area contributed by atoms with Crippen molar-refractivity contribution in [2.45, 2.75) is 18.8 Å². The number of hydrogen-bond acceptors (Lipinski definition) is 5. The molecule has 1 aromatic carbocycles. The number of ether oxygens (including phenoxy) is 1. The van der Waals surface area contributed by atoms with Crippen molar-refractivity contribution >= 4 is 11.9 Å². The summed E-state index contributed by atoms with van der Waals surface area (Å²) in [4.78, 5) is 34.6. The van der Waals surface area contributed by atoms with Gasteiger partial charge in [-0.15, -0.1) is 0 Å². The van der Waals surface area contributed by atoms with Gasteiger partial charge < -0.3 is 14.5 Å². The van der Waals surface area contributed by atoms with Crippen LogP contribution in [0.25, 0.3) is 0 Å². The van der Waals surface area contributed by atoms with Gasteiger partial charge in [0, 0.05) is 32.1 Å². The number of nitrogens with one attached hydrogen (secondary N) is 1. The lowest BCUT2D eigenvalue weighted by Gasteiger charge is -2.35. The Morgan fingerprint density at radius 2 is 1.89 bits per heavy atom. The number of nitrogens with zero attached hydrogens (tertiary/aromatic N) is 3. The number of piperazine rings is 1. The highest BCUT2D eigenvalue weighted by atomic mass is 19.1. The predicted octanol–water partition coefficient (Wildman–Crippen LogP) is 1.51. The Kier molecular flexibility index (Phi) is 4.79. The van der Waals surface area contributed by atoms with E-state index in [-0.39, 0.29) is 24.1 Å². The van der Waals surface area contributed by atoms with Crippen LogP contribution in [0.4, 0.5) is 10.3 Å². The number of amides is 1. The van der Waals surface area contributed by atoms with Crippen molar-refractivity contribution in [1.82, 2.24) is 14.9 Å². The van der Waals surface area contributed by atoms with E-state index in [2.05, 4.69) is 9.97 Å². The molecule has 0 radical (unpaired) electrons. The second-order valence-corrected chi connectivity index (χ2v) is 6.83. The third-order valence-corrected chi connectivity index (χ3v) is 4.88. The van der Waals surface area contributed by atoms with Gasteiger partial charge in [0.25, 0.3) is 11.5 Å². The predicted molar refractivity (Wildman–Crippen MR) is 97.5 cm³/mol. The lowest BCUT2D eigenvalue weighted by atomic mass is 10.2. The van der Waals surface area contributed by atoms with Crippen LogP contribution in [0, 0.1) is 5.82 Å². The number of benzene rings is 1. The Morgan fingerprint density at radius 3 is 2.56 bits per heavy atom. The van der Waals surface area contributed by atoms with Gasteiger partial charge in [0.15, 0.2) is 6.61 Å². The highest BCUT2D eigenvalue weighted by molar-refractivity contribution is 5.78. The summed E-state index contributed by atoms with van der Waals surface area (Å²) in [5.41, 5.74) is -0.458. The SMILES string of the molecule is O=C(COc1ccccc1)N1CCN(c2nc(C3CC3)c(F)c(=O)[nH]2)CC1. The highest BCUT2D eigenvalue weighted by Gasteiger charge is 2.31. The molecule has 1 amide bonds. The fourth-order valence-corrected chi connectivity index (χ4v) is 3.16. The van der Waals surface area contributed by atoms with Crippen LogP contribution in [-0.4, -0.2) is 53.6 Å². The molecule has 4 rings (SSSR count). The van der Waals surface area contributed by atoms with E-state index in [4.69, 9.17) is 4.74 Å². The first-order valence-corrected chi connectivity index (χ1v) is 9.12. The van der Waals surface area contributed by atoms with Crippen LogP contribution in [-0.2, 0) is 4.79 Å². The second kappa shape index (κ2) is 7.38. The molecule has 1 saturated heterocycles. The summed E-state index contributed by atoms with van der Waals surface area (Å²) in [5.74, 6) is 0.246. The van der Waals surface area contributed by atoms with Gasteiger partial charge in [0.1, 0.15) is 5.75 Å². The first-order valence-electron chi connectivity index (χ1n) is 9.12. The van der Waals surface area contributed by atoms with Gasteiger partial charge in [-0.25, -0.2) is 4.98 Å². The van der Waals surface area contributed by atoms with Gasteiger partial charge in [-0.05, 0) is 25.0 Å². The topological polar surface area (TPSA) is 78.5 Å². The summed E-state index contributed by atoms with van der Waals surface area (Å²) in [6, 6.07) is 9.20. The van der Waals surface area contributed by atoms with Gasteiger partial charge in [-0.3, -0.25) is 14.6 Å². The van der Waals surface area contributed by atoms with Crippen LogP contribution >= 0.6 is 0 Å². The zero-order valence-corrected chi connectivity index (χ0v) is 14.9. The number of para-hydroxylation sites is 1. The standard InChI is InChI=1S/C19H21FN4O3/c20-16-17(13-6-7-13)21-19(22-18(16)26)24-10-8-23(9-11-24)15(25)12-27-14-4-2-1-3-5-14/h1-5,13H,6-12H2,(H,21,22,26). The number of aromatic amines is 1. The highest BCUT2D eigenvalue weighted by Crippen LogP contribution is 2.39. The normalized spacial score (nSPS) is 17.1. The molecule has 1 aliphatic heterocycles. The number of rotatable bonds is 5. The van der Waals surface area contributed by atoms with E-state index >= 15 is 0 Å². The van der Waals surface area contributed by atoms with Crippen molar-refractivity contribution < 1.29 is 13.9 Å². The lowest BCUT2D eigenvalue weighted by molar-refractivity contribution is -0.133. The third-order valence-electron chi connectivity index (χ3n) is 4.88. The molecule has 1 aromatic heterocycles. The minimum absolute atomic E-state index is 0.0124. The summed E-state index contributed by atoms with van der Waals surface area (Å²) in [7, 11) is 0. The molecular formula is C19H21FN4O3. The number of carbonyl (C=O) groups is 1. The maximum atomic E-state index is 13.9. The number of anilines is 1. The fraction of sp³-hybridized carbons (Fsp3) is 0.421. The summed E-state index contributed by atoms with van der Waals surface area (Å²) < 4.78 is 19.4. The molecule has 1 saturated carbocycles. The van der Waals surface area contributed by atoms with Crippen molar-refractivity contribution in [1.29, 1.82) is 0 Å². The van der Waals surface area contributed by atoms with Crippen molar-refractivity contribution in [3.8, 4) is 5.75 Å². The Labute approximate surface area is 155 Å². The first-order chi connectivity index (χ1) is 13.1. The molecule has 2 aliphatic rings. The van der Waals surface area contributed by atoms with Crippen LogP contribution in [0.3, 0.4) is 0 Å². The van der Waals surface area contributed by atoms with E-state index in [1.54, 1.807) is 17.0 Å². The molecule has 8 heteroatoms. The fourth-order valence-electron chi connectivity index (χ4n) is 3.16. The molecule has 1 aliphatic carbocycles. The second-order valence-electron chi connectivity index (χ2n) is 6.83. The van der Waals surface area contributed by atoms with E-state index in [0.717, 1.165) is 12.8 Å². The quantitative estimate of drug-likeness (QED) is 0.861. The molecule has 2 fully saturated rings. The molecule has 0 spiro atoms. The van der Waals surface area contributed by atoms with Gasteiger partial charge in [-0.2, -0.15) is 4.39 Å². The summed E-state index contributed by atoms with van der Waals surface area (Å²) in [6.45, 7) is 2.03. The van der Waals surface area contributed by atoms with E-state index in [9.17, 15) is 14.0 Å². The zero-order valence-electron chi connectivity index (χ0n) is 14.9. The first kappa shape index (κ1) is 17.5. The smallest absolute Gasteiger partial charge is 0.288 e. The molecular weight excluding hydrogens is 351 g/mol. The monoisotopic (exact) mass is 372 g/mol. The molecule has 27 heavy (non-hydrogen) atoms. The zero-order chi connectivity index (χ0) is 18.8. The van der Waals surface area contributed by atoms with Gasteiger partial charge in [0.05, 0.1) is 5.69 Å². The van der Waals surface area contributed by atoms with Crippen LogP contribution in [0.2, 0.25) is 0 Å². The Balaban J connectivity index is 1.35. The van der Waals surface area contributed by atoms with Gasteiger partial charge >= 0.3 is 0 Å². The molecule has 0 atom stereocenters. The average Bonchev–Trinajstić information content (AvgIpc) is 3.54. The molecule has 2 heterocycles. The lowest BCUT2D eigenvalue weighted by Crippen LogP contribution is -2.50. The number of H-pyrrole nitrogens is 1. The maximum absolute atomic E-state index is 13.9. The van der Waals surface area contributed by atoms with Crippen molar-refractivity contribution in [2.75, 3.05) is 37.7 Å². The molecule has 0 bridgehead atoms. The number of aromatic nitrogens is 2. The van der Waals surface area contributed by atoms with E-state index in [0.29, 0.717) is 37.9 Å². The molecule has 2 aromatic rings. The maximum Gasteiger partial charge on any atom is 0.288 e. The van der Waals surface area contributed by atoms with Crippen molar-refractivity contribution in [3.63, 3.8) is 0 Å². The minimum Gasteiger partial charge on any atom is -0.484 e. The number of carbonyl (C=O) groups excluding carboxylic acids is 1. The Hall–Kier alpha value is -2.90. The van der Waals surface area contributed by atoms with Gasteiger partial charge in [0.2, 0.25) is 11.8 Å².